The van der Waals surface area contributed by atoms with E-state index in [9.17, 15) is 12.8 Å². The minimum absolute atomic E-state index is 0.379. The molecule has 0 unspecified atom stereocenters. The summed E-state index contributed by atoms with van der Waals surface area (Å²) in [5, 5.41) is 0. The molecule has 0 bridgehead atoms. The number of rotatable bonds is 4. The van der Waals surface area contributed by atoms with Crippen LogP contribution in [0.5, 0.6) is 5.75 Å². The summed E-state index contributed by atoms with van der Waals surface area (Å²) in [6.45, 7) is 0. The van der Waals surface area contributed by atoms with Gasteiger partial charge in [0.2, 0.25) is 0 Å². The Morgan fingerprint density at radius 2 is 1.90 bits per heavy atom. The van der Waals surface area contributed by atoms with E-state index in [4.69, 9.17) is 4.74 Å². The molecule has 21 heavy (non-hydrogen) atoms. The van der Waals surface area contributed by atoms with Gasteiger partial charge in [0.05, 0.1) is 12.8 Å². The van der Waals surface area contributed by atoms with E-state index in [1.807, 2.05) is 0 Å². The maximum absolute atomic E-state index is 13.9. The first-order valence-corrected chi connectivity index (χ1v) is 8.17. The Balaban J connectivity index is 2.47. The molecule has 0 N–H and O–H groups in total. The van der Waals surface area contributed by atoms with Crippen molar-refractivity contribution >= 4 is 31.6 Å². The summed E-state index contributed by atoms with van der Waals surface area (Å²) in [6, 6.07) is 10.4. The van der Waals surface area contributed by atoms with Crippen LogP contribution in [0, 0.1) is 5.82 Å². The molecule has 4 nitrogen and oxygen atoms in total. The van der Waals surface area contributed by atoms with Crippen molar-refractivity contribution in [3.05, 3.63) is 52.8 Å². The van der Waals surface area contributed by atoms with Gasteiger partial charge >= 0.3 is 0 Å². The van der Waals surface area contributed by atoms with Gasteiger partial charge in [-0.3, -0.25) is 4.31 Å². The van der Waals surface area contributed by atoms with Crippen LogP contribution in [0.3, 0.4) is 0 Å². The van der Waals surface area contributed by atoms with Crippen LogP contribution in [0.4, 0.5) is 10.1 Å². The smallest absolute Gasteiger partial charge is 0.266 e. The van der Waals surface area contributed by atoms with Crippen LogP contribution in [0.1, 0.15) is 0 Å². The van der Waals surface area contributed by atoms with Crippen LogP contribution in [0.2, 0.25) is 0 Å². The van der Waals surface area contributed by atoms with Crippen LogP contribution >= 0.6 is 15.9 Å². The Labute approximate surface area is 131 Å². The first-order valence-electron chi connectivity index (χ1n) is 5.94. The van der Waals surface area contributed by atoms with E-state index in [-0.39, 0.29) is 4.90 Å². The number of hydrogen-bond acceptors (Lipinski definition) is 3. The molecule has 0 saturated carbocycles. The second kappa shape index (κ2) is 6.03. The van der Waals surface area contributed by atoms with Crippen LogP contribution in [-0.2, 0) is 10.0 Å². The van der Waals surface area contributed by atoms with E-state index in [0.717, 1.165) is 10.4 Å². The zero-order valence-corrected chi connectivity index (χ0v) is 13.8. The number of benzene rings is 2. The lowest BCUT2D eigenvalue weighted by Crippen LogP contribution is -2.27. The van der Waals surface area contributed by atoms with Crippen LogP contribution < -0.4 is 9.04 Å². The molecule has 112 valence electrons. The third kappa shape index (κ3) is 3.19. The van der Waals surface area contributed by atoms with Crippen LogP contribution in [0.25, 0.3) is 0 Å². The lowest BCUT2D eigenvalue weighted by molar-refractivity contribution is 0.415. The Morgan fingerprint density at radius 3 is 2.52 bits per heavy atom. The van der Waals surface area contributed by atoms with E-state index in [0.29, 0.717) is 15.9 Å². The van der Waals surface area contributed by atoms with Gasteiger partial charge in [0.25, 0.3) is 10.0 Å². The molecule has 2 rings (SSSR count). The van der Waals surface area contributed by atoms with Crippen LogP contribution in [-0.4, -0.2) is 22.6 Å². The molecule has 0 atom stereocenters. The second-order valence-electron chi connectivity index (χ2n) is 4.25. The fourth-order valence-electron chi connectivity index (χ4n) is 1.78. The highest BCUT2D eigenvalue weighted by molar-refractivity contribution is 9.10. The summed E-state index contributed by atoms with van der Waals surface area (Å²) in [7, 11) is -1.13. The first-order chi connectivity index (χ1) is 9.86. The number of hydrogen-bond donors (Lipinski definition) is 0. The van der Waals surface area contributed by atoms with Crippen molar-refractivity contribution in [3.8, 4) is 5.75 Å². The SMILES string of the molecule is COc1cccc(N(C)S(=O)(=O)c2ccc(Br)cc2F)c1. The molecule has 2 aromatic carbocycles. The van der Waals surface area contributed by atoms with Crippen molar-refractivity contribution in [3.63, 3.8) is 0 Å². The van der Waals surface area contributed by atoms with Crippen molar-refractivity contribution in [2.45, 2.75) is 4.90 Å². The highest BCUT2D eigenvalue weighted by Gasteiger charge is 2.25. The highest BCUT2D eigenvalue weighted by Crippen LogP contribution is 2.27. The Bertz CT molecular complexity index is 765. The van der Waals surface area contributed by atoms with Gasteiger partial charge in [0.1, 0.15) is 16.5 Å². The largest absolute Gasteiger partial charge is 0.497 e. The van der Waals surface area contributed by atoms with Gasteiger partial charge in [0.15, 0.2) is 0 Å². The molecule has 0 spiro atoms. The molecule has 0 aromatic heterocycles. The maximum Gasteiger partial charge on any atom is 0.266 e. The van der Waals surface area contributed by atoms with Gasteiger partial charge < -0.3 is 4.74 Å². The number of halogens is 2. The average Bonchev–Trinajstić information content (AvgIpc) is 2.46. The van der Waals surface area contributed by atoms with Gasteiger partial charge in [0, 0.05) is 17.6 Å². The molecule has 0 heterocycles. The molecule has 7 heteroatoms. The maximum atomic E-state index is 13.9. The predicted molar refractivity (Wildman–Crippen MR) is 82.7 cm³/mol. The summed E-state index contributed by atoms with van der Waals surface area (Å²) in [6.07, 6.45) is 0. The lowest BCUT2D eigenvalue weighted by atomic mass is 10.3. The van der Waals surface area contributed by atoms with Crippen molar-refractivity contribution < 1.29 is 17.5 Å². The summed E-state index contributed by atoms with van der Waals surface area (Å²) < 4.78 is 45.4. The van der Waals surface area contributed by atoms with Crippen LogP contribution in [0.15, 0.2) is 51.8 Å². The van der Waals surface area contributed by atoms with Gasteiger partial charge in [-0.2, -0.15) is 0 Å². The van der Waals surface area contributed by atoms with E-state index >= 15 is 0 Å². The molecule has 2 aromatic rings. The molecule has 0 saturated heterocycles. The molecule has 0 aliphatic rings. The normalized spacial score (nSPS) is 11.2. The monoisotopic (exact) mass is 373 g/mol. The van der Waals surface area contributed by atoms with Gasteiger partial charge in [-0.1, -0.05) is 22.0 Å². The third-order valence-electron chi connectivity index (χ3n) is 2.95. The van der Waals surface area contributed by atoms with Crippen molar-refractivity contribution in [1.29, 1.82) is 0 Å². The van der Waals surface area contributed by atoms with E-state index in [1.165, 1.54) is 26.3 Å². The first kappa shape index (κ1) is 15.8. The van der Waals surface area contributed by atoms with E-state index in [2.05, 4.69) is 15.9 Å². The summed E-state index contributed by atoms with van der Waals surface area (Å²) in [5.74, 6) is -0.287. The van der Waals surface area contributed by atoms with Crippen molar-refractivity contribution in [2.24, 2.45) is 0 Å². The Hall–Kier alpha value is -1.60. The Morgan fingerprint density at radius 1 is 1.19 bits per heavy atom. The topological polar surface area (TPSA) is 46.6 Å². The molecule has 0 amide bonds. The molecular formula is C14H13BrFNO3S. The number of nitrogens with zero attached hydrogens (tertiary/aromatic N) is 1. The zero-order valence-electron chi connectivity index (χ0n) is 11.4. The second-order valence-corrected chi connectivity index (χ2v) is 7.10. The van der Waals surface area contributed by atoms with Crippen molar-refractivity contribution in [2.75, 3.05) is 18.5 Å². The quantitative estimate of drug-likeness (QED) is 0.824. The number of sulfonamides is 1. The molecular weight excluding hydrogens is 361 g/mol. The van der Waals surface area contributed by atoms with Gasteiger partial charge in [-0.05, 0) is 30.3 Å². The standard InChI is InChI=1S/C14H13BrFNO3S/c1-17(11-4-3-5-12(9-11)20-2)21(18,19)14-7-6-10(15)8-13(14)16/h3-9H,1-2H3. The Kier molecular flexibility index (Phi) is 4.53. The van der Waals surface area contributed by atoms with Crippen molar-refractivity contribution in [1.82, 2.24) is 0 Å². The minimum Gasteiger partial charge on any atom is -0.497 e. The number of anilines is 1. The molecule has 0 aliphatic heterocycles. The average molecular weight is 374 g/mol. The summed E-state index contributed by atoms with van der Waals surface area (Å²) in [4.78, 5) is -0.379. The molecule has 0 fully saturated rings. The predicted octanol–water partition coefficient (Wildman–Crippen LogP) is 3.42. The number of methoxy groups -OCH3 is 1. The van der Waals surface area contributed by atoms with Gasteiger partial charge in [-0.15, -0.1) is 0 Å². The summed E-state index contributed by atoms with van der Waals surface area (Å²) in [5.41, 5.74) is 0.386. The summed E-state index contributed by atoms with van der Waals surface area (Å²) >= 11 is 3.10. The number of ether oxygens (including phenoxy) is 1. The fraction of sp³-hybridized carbons (Fsp3) is 0.143. The van der Waals surface area contributed by atoms with E-state index < -0.39 is 15.8 Å². The lowest BCUT2D eigenvalue weighted by Gasteiger charge is -2.20. The molecule has 0 radical (unpaired) electrons. The molecule has 0 aliphatic carbocycles. The fourth-order valence-corrected chi connectivity index (χ4v) is 3.34. The van der Waals surface area contributed by atoms with Gasteiger partial charge in [-0.25, -0.2) is 12.8 Å². The minimum atomic E-state index is -3.98. The highest BCUT2D eigenvalue weighted by atomic mass is 79.9. The third-order valence-corrected chi connectivity index (χ3v) is 5.26. The van der Waals surface area contributed by atoms with E-state index in [1.54, 1.807) is 24.3 Å². The zero-order chi connectivity index (χ0) is 15.6.